The van der Waals surface area contributed by atoms with Crippen molar-refractivity contribution in [3.63, 3.8) is 0 Å². The van der Waals surface area contributed by atoms with Gasteiger partial charge in [0.2, 0.25) is 5.91 Å². The fraction of sp³-hybridized carbons (Fsp3) is 0.188. The minimum Gasteiger partial charge on any atom is -0.450 e. The highest BCUT2D eigenvalue weighted by molar-refractivity contribution is 7.80. The van der Waals surface area contributed by atoms with E-state index in [2.05, 4.69) is 28.0 Å². The van der Waals surface area contributed by atoms with E-state index < -0.39 is 23.9 Å². The van der Waals surface area contributed by atoms with E-state index in [0.29, 0.717) is 15.5 Å². The molecule has 0 aliphatic rings. The molecular weight excluding hydrogens is 362 g/mol. The number of nitrogens with one attached hydrogen (secondary N) is 2. The Morgan fingerprint density at radius 3 is 2.68 bits per heavy atom. The van der Waals surface area contributed by atoms with Gasteiger partial charge < -0.3 is 15.8 Å². The summed E-state index contributed by atoms with van der Waals surface area (Å²) < 4.78 is 4.66. The Labute approximate surface area is 154 Å². The van der Waals surface area contributed by atoms with Crippen LogP contribution in [0.25, 0.3) is 0 Å². The highest BCUT2D eigenvalue weighted by Gasteiger charge is 2.22. The van der Waals surface area contributed by atoms with Gasteiger partial charge in [0.15, 0.2) is 0 Å². The second-order valence-corrected chi connectivity index (χ2v) is 6.26. The molecule has 3 amide bonds. The number of benzene rings is 1. The second-order valence-electron chi connectivity index (χ2n) is 4.86. The third kappa shape index (κ3) is 4.81. The summed E-state index contributed by atoms with van der Waals surface area (Å²) in [7, 11) is 0. The van der Waals surface area contributed by atoms with Crippen LogP contribution in [-0.2, 0) is 9.53 Å². The van der Waals surface area contributed by atoms with Gasteiger partial charge in [-0.05, 0) is 30.0 Å². The number of nitrogens with two attached hydrogens (primary N) is 1. The predicted molar refractivity (Wildman–Crippen MR) is 98.1 cm³/mol. The average molecular weight is 379 g/mol. The van der Waals surface area contributed by atoms with Gasteiger partial charge in [0.25, 0.3) is 5.91 Å². The molecule has 0 saturated heterocycles. The van der Waals surface area contributed by atoms with Gasteiger partial charge in [0.1, 0.15) is 11.0 Å². The number of thiophene rings is 1. The Morgan fingerprint density at radius 1 is 1.28 bits per heavy atom. The lowest BCUT2D eigenvalue weighted by atomic mass is 10.1. The van der Waals surface area contributed by atoms with Crippen molar-refractivity contribution in [2.45, 2.75) is 17.9 Å². The third-order valence-corrected chi connectivity index (χ3v) is 4.43. The zero-order valence-electron chi connectivity index (χ0n) is 13.3. The summed E-state index contributed by atoms with van der Waals surface area (Å²) in [5.41, 5.74) is 6.69. The maximum atomic E-state index is 12.4. The fourth-order valence-corrected chi connectivity index (χ4v) is 3.08. The van der Waals surface area contributed by atoms with Crippen LogP contribution in [0.5, 0.6) is 0 Å². The summed E-state index contributed by atoms with van der Waals surface area (Å²) in [6.45, 7) is 1.77. The van der Waals surface area contributed by atoms with Gasteiger partial charge in [-0.25, -0.2) is 4.79 Å². The summed E-state index contributed by atoms with van der Waals surface area (Å²) in [4.78, 5) is 36.4. The minimum absolute atomic E-state index is 0.143. The number of hydrogen-bond donors (Lipinski definition) is 4. The van der Waals surface area contributed by atoms with Gasteiger partial charge in [-0.15, -0.1) is 24.0 Å². The van der Waals surface area contributed by atoms with E-state index in [1.165, 1.54) is 6.07 Å². The molecule has 0 bridgehead atoms. The Balaban J connectivity index is 2.10. The lowest BCUT2D eigenvalue weighted by Gasteiger charge is -2.14. The van der Waals surface area contributed by atoms with Crippen LogP contribution in [0.15, 0.2) is 40.6 Å². The fourth-order valence-electron chi connectivity index (χ4n) is 1.99. The SMILES string of the molecule is CCOC(=O)NC(=O)c1ccsc1NC(=O)C(N)c1ccccc1S. The smallest absolute Gasteiger partial charge is 0.414 e. The van der Waals surface area contributed by atoms with Crippen molar-refractivity contribution < 1.29 is 19.1 Å². The number of hydrogen-bond acceptors (Lipinski definition) is 7. The molecule has 0 fully saturated rings. The molecule has 0 aliphatic heterocycles. The van der Waals surface area contributed by atoms with Gasteiger partial charge in [-0.3, -0.25) is 14.9 Å². The molecule has 0 spiro atoms. The second kappa shape index (κ2) is 8.65. The molecule has 2 rings (SSSR count). The lowest BCUT2D eigenvalue weighted by molar-refractivity contribution is -0.117. The molecule has 1 unspecified atom stereocenters. The van der Waals surface area contributed by atoms with Crippen molar-refractivity contribution in [2.24, 2.45) is 5.73 Å². The molecule has 1 aromatic heterocycles. The van der Waals surface area contributed by atoms with E-state index in [0.717, 1.165) is 11.3 Å². The molecule has 1 atom stereocenters. The van der Waals surface area contributed by atoms with Gasteiger partial charge >= 0.3 is 6.09 Å². The monoisotopic (exact) mass is 379 g/mol. The molecule has 4 N–H and O–H groups in total. The third-order valence-electron chi connectivity index (χ3n) is 3.19. The van der Waals surface area contributed by atoms with Crippen LogP contribution in [0.3, 0.4) is 0 Å². The van der Waals surface area contributed by atoms with Crippen molar-refractivity contribution in [3.8, 4) is 0 Å². The quantitative estimate of drug-likeness (QED) is 0.597. The molecular formula is C16H17N3O4S2. The Hall–Kier alpha value is -2.36. The Bertz CT molecular complexity index is 791. The molecule has 2 aromatic rings. The highest BCUT2D eigenvalue weighted by Crippen LogP contribution is 2.26. The first-order valence-electron chi connectivity index (χ1n) is 7.34. The van der Waals surface area contributed by atoms with Crippen LogP contribution in [0, 0.1) is 0 Å². The van der Waals surface area contributed by atoms with Crippen LogP contribution < -0.4 is 16.4 Å². The summed E-state index contributed by atoms with van der Waals surface area (Å²) >= 11 is 5.43. The van der Waals surface area contributed by atoms with E-state index in [4.69, 9.17) is 5.73 Å². The number of ether oxygens (including phenoxy) is 1. The van der Waals surface area contributed by atoms with Crippen molar-refractivity contribution >= 4 is 46.9 Å². The summed E-state index contributed by atoms with van der Waals surface area (Å²) in [5, 5.41) is 6.60. The minimum atomic E-state index is -0.947. The molecule has 9 heteroatoms. The maximum absolute atomic E-state index is 12.4. The van der Waals surface area contributed by atoms with Crippen LogP contribution in [0.1, 0.15) is 28.9 Å². The number of alkyl carbamates (subject to hydrolysis) is 1. The Morgan fingerprint density at radius 2 is 2.00 bits per heavy atom. The van der Waals surface area contributed by atoms with Crippen molar-refractivity contribution in [1.82, 2.24) is 5.32 Å². The number of carbonyl (C=O) groups is 3. The van der Waals surface area contributed by atoms with Gasteiger partial charge in [0.05, 0.1) is 12.2 Å². The normalized spacial score (nSPS) is 11.5. The number of thiol groups is 1. The van der Waals surface area contributed by atoms with Crippen LogP contribution in [-0.4, -0.2) is 24.5 Å². The van der Waals surface area contributed by atoms with E-state index in [1.54, 1.807) is 36.6 Å². The Kier molecular flexibility index (Phi) is 6.57. The highest BCUT2D eigenvalue weighted by atomic mass is 32.1. The molecule has 1 heterocycles. The molecule has 0 aliphatic carbocycles. The zero-order valence-corrected chi connectivity index (χ0v) is 15.0. The average Bonchev–Trinajstić information content (AvgIpc) is 3.03. The van der Waals surface area contributed by atoms with E-state index >= 15 is 0 Å². The van der Waals surface area contributed by atoms with Crippen molar-refractivity contribution in [2.75, 3.05) is 11.9 Å². The van der Waals surface area contributed by atoms with Crippen molar-refractivity contribution in [3.05, 3.63) is 46.8 Å². The molecule has 1 aromatic carbocycles. The summed E-state index contributed by atoms with van der Waals surface area (Å²) in [6, 6.07) is 7.52. The van der Waals surface area contributed by atoms with E-state index in [1.807, 2.05) is 0 Å². The molecule has 7 nitrogen and oxygen atoms in total. The lowest BCUT2D eigenvalue weighted by Crippen LogP contribution is -2.32. The van der Waals surface area contributed by atoms with Crippen LogP contribution >= 0.6 is 24.0 Å². The number of rotatable bonds is 5. The first-order valence-corrected chi connectivity index (χ1v) is 8.66. The van der Waals surface area contributed by atoms with Crippen LogP contribution in [0.2, 0.25) is 0 Å². The number of amides is 3. The van der Waals surface area contributed by atoms with E-state index in [9.17, 15) is 14.4 Å². The molecule has 0 saturated carbocycles. The van der Waals surface area contributed by atoms with Gasteiger partial charge in [-0.1, -0.05) is 18.2 Å². The first-order chi connectivity index (χ1) is 11.9. The molecule has 132 valence electrons. The molecule has 25 heavy (non-hydrogen) atoms. The van der Waals surface area contributed by atoms with Crippen molar-refractivity contribution in [1.29, 1.82) is 0 Å². The standard InChI is InChI=1S/C16H17N3O4S2/c1-2-23-16(22)19-13(20)10-7-8-25-15(10)18-14(21)12(17)9-5-3-4-6-11(9)24/h3-8,12,24H,2,17H2,1H3,(H,18,21)(H,19,20,22). The zero-order chi connectivity index (χ0) is 18.4. The number of carbonyl (C=O) groups excluding carboxylic acids is 3. The van der Waals surface area contributed by atoms with Gasteiger partial charge in [-0.2, -0.15) is 0 Å². The predicted octanol–water partition coefficient (Wildman–Crippen LogP) is 2.56. The summed E-state index contributed by atoms with van der Waals surface area (Å²) in [5.74, 6) is -1.16. The van der Waals surface area contributed by atoms with E-state index in [-0.39, 0.29) is 12.2 Å². The number of anilines is 1. The maximum Gasteiger partial charge on any atom is 0.414 e. The largest absolute Gasteiger partial charge is 0.450 e. The first kappa shape index (κ1) is 19.0. The van der Waals surface area contributed by atoms with Crippen LogP contribution in [0.4, 0.5) is 9.80 Å². The topological polar surface area (TPSA) is 111 Å². The van der Waals surface area contributed by atoms with Gasteiger partial charge in [0, 0.05) is 4.90 Å². The number of imide groups is 1. The summed E-state index contributed by atoms with van der Waals surface area (Å²) in [6.07, 6.45) is -0.850. The molecule has 0 radical (unpaired) electrons.